The Kier molecular flexibility index (Phi) is 3.11. The normalized spacial score (nSPS) is 17.9. The number of nitrogens with zero attached hydrogens (tertiary/aromatic N) is 3. The van der Waals surface area contributed by atoms with Crippen LogP contribution >= 0.6 is 0 Å². The van der Waals surface area contributed by atoms with Crippen LogP contribution in [-0.4, -0.2) is 15.0 Å². The molecule has 4 nitrogen and oxygen atoms in total. The van der Waals surface area contributed by atoms with E-state index in [2.05, 4.69) is 21.0 Å². The molecule has 0 amide bonds. The first-order valence-electron chi connectivity index (χ1n) is 6.33. The minimum absolute atomic E-state index is 0.144. The first kappa shape index (κ1) is 12.0. The molecule has 5 heteroatoms. The number of hydrogen-bond donors (Lipinski definition) is 0. The second-order valence-corrected chi connectivity index (χ2v) is 4.63. The monoisotopic (exact) mass is 259 g/mol. The van der Waals surface area contributed by atoms with Crippen LogP contribution in [0, 0.1) is 12.7 Å². The maximum atomic E-state index is 13.1. The summed E-state index contributed by atoms with van der Waals surface area (Å²) in [5.74, 6) is -0.422. The second-order valence-electron chi connectivity index (χ2n) is 4.63. The molecule has 0 bridgehead atoms. The third-order valence-electron chi connectivity index (χ3n) is 3.29. The van der Waals surface area contributed by atoms with Crippen molar-refractivity contribution in [3.63, 3.8) is 0 Å². The van der Waals surface area contributed by atoms with Gasteiger partial charge in [-0.1, -0.05) is 6.07 Å². The third kappa shape index (κ3) is 2.41. The molecule has 98 valence electrons. The lowest BCUT2D eigenvalue weighted by molar-refractivity contribution is 0.161. The Hall–Kier alpha value is -2.04. The quantitative estimate of drug-likeness (QED) is 0.832. The highest BCUT2D eigenvalue weighted by Crippen LogP contribution is 2.30. The minimum Gasteiger partial charge on any atom is -0.454 e. The highest BCUT2D eigenvalue weighted by atomic mass is 19.1. The highest BCUT2D eigenvalue weighted by molar-refractivity contribution is 5.25. The molecule has 3 rings (SSSR count). The highest BCUT2D eigenvalue weighted by Gasteiger charge is 2.23. The van der Waals surface area contributed by atoms with Gasteiger partial charge in [0, 0.05) is 6.20 Å². The van der Waals surface area contributed by atoms with Crippen molar-refractivity contribution in [2.45, 2.75) is 32.3 Å². The zero-order valence-electron chi connectivity index (χ0n) is 10.6. The molecule has 0 N–H and O–H groups in total. The smallest absolute Gasteiger partial charge is 0.317 e. The summed E-state index contributed by atoms with van der Waals surface area (Å²) in [7, 11) is 0. The number of rotatable bonds is 2. The Morgan fingerprint density at radius 2 is 2.26 bits per heavy atom. The molecule has 1 aliphatic rings. The lowest BCUT2D eigenvalue weighted by Crippen LogP contribution is -2.18. The van der Waals surface area contributed by atoms with Gasteiger partial charge in [-0.3, -0.25) is 4.98 Å². The van der Waals surface area contributed by atoms with Gasteiger partial charge in [0.25, 0.3) is 0 Å². The summed E-state index contributed by atoms with van der Waals surface area (Å²) in [5, 5.41) is 0. The molecule has 2 aromatic heterocycles. The summed E-state index contributed by atoms with van der Waals surface area (Å²) in [6.45, 7) is 1.59. The van der Waals surface area contributed by atoms with E-state index in [0.29, 0.717) is 5.69 Å². The summed E-state index contributed by atoms with van der Waals surface area (Å²) < 4.78 is 18.9. The lowest BCUT2D eigenvalue weighted by atomic mass is 9.94. The fourth-order valence-corrected chi connectivity index (χ4v) is 2.30. The SMILES string of the molecule is Cc1nc(OC2CCCc3cccnc32)ncc1F. The summed E-state index contributed by atoms with van der Waals surface area (Å²) in [6, 6.07) is 4.20. The van der Waals surface area contributed by atoms with E-state index in [-0.39, 0.29) is 12.1 Å². The number of aromatic nitrogens is 3. The maximum absolute atomic E-state index is 13.1. The Balaban J connectivity index is 1.86. The van der Waals surface area contributed by atoms with Crippen LogP contribution in [0.25, 0.3) is 0 Å². The second kappa shape index (κ2) is 4.91. The first-order valence-corrected chi connectivity index (χ1v) is 6.33. The van der Waals surface area contributed by atoms with Crippen molar-refractivity contribution in [2.75, 3.05) is 0 Å². The molecule has 1 unspecified atom stereocenters. The van der Waals surface area contributed by atoms with Crippen LogP contribution in [0.4, 0.5) is 4.39 Å². The maximum Gasteiger partial charge on any atom is 0.317 e. The molecule has 0 fully saturated rings. The van der Waals surface area contributed by atoms with Crippen molar-refractivity contribution in [1.29, 1.82) is 0 Å². The molecule has 0 aromatic carbocycles. The fourth-order valence-electron chi connectivity index (χ4n) is 2.30. The Labute approximate surface area is 110 Å². The van der Waals surface area contributed by atoms with Gasteiger partial charge in [0.15, 0.2) is 5.82 Å². The van der Waals surface area contributed by atoms with Gasteiger partial charge in [-0.25, -0.2) is 9.37 Å². The Morgan fingerprint density at radius 1 is 1.37 bits per heavy atom. The molecule has 2 heterocycles. The van der Waals surface area contributed by atoms with Crippen LogP contribution in [0.3, 0.4) is 0 Å². The Morgan fingerprint density at radius 3 is 3.11 bits per heavy atom. The van der Waals surface area contributed by atoms with E-state index in [0.717, 1.165) is 31.2 Å². The van der Waals surface area contributed by atoms with Crippen LogP contribution in [0.2, 0.25) is 0 Å². The summed E-state index contributed by atoms with van der Waals surface area (Å²) >= 11 is 0. The molecule has 0 radical (unpaired) electrons. The number of pyridine rings is 1. The fraction of sp³-hybridized carbons (Fsp3) is 0.357. The first-order chi connectivity index (χ1) is 9.24. The molecule has 0 spiro atoms. The van der Waals surface area contributed by atoms with Crippen molar-refractivity contribution in [2.24, 2.45) is 0 Å². The summed E-state index contributed by atoms with van der Waals surface area (Å²) in [5.41, 5.74) is 2.44. The molecular weight excluding hydrogens is 245 g/mol. The lowest BCUT2D eigenvalue weighted by Gasteiger charge is -2.24. The third-order valence-corrected chi connectivity index (χ3v) is 3.29. The van der Waals surface area contributed by atoms with E-state index in [1.54, 1.807) is 13.1 Å². The molecule has 1 atom stereocenters. The number of halogens is 1. The molecular formula is C14H14FN3O. The van der Waals surface area contributed by atoms with Crippen LogP contribution in [0.1, 0.15) is 35.9 Å². The van der Waals surface area contributed by atoms with E-state index in [1.807, 2.05) is 6.07 Å². The number of ether oxygens (including phenoxy) is 1. The van der Waals surface area contributed by atoms with Gasteiger partial charge in [0.05, 0.1) is 17.6 Å². The largest absolute Gasteiger partial charge is 0.454 e. The molecule has 0 saturated carbocycles. The van der Waals surface area contributed by atoms with Gasteiger partial charge in [-0.15, -0.1) is 0 Å². The molecule has 0 saturated heterocycles. The number of hydrogen-bond acceptors (Lipinski definition) is 4. The Bertz CT molecular complexity index is 603. The van der Waals surface area contributed by atoms with E-state index in [4.69, 9.17) is 4.74 Å². The minimum atomic E-state index is -0.422. The molecule has 2 aromatic rings. The van der Waals surface area contributed by atoms with E-state index >= 15 is 0 Å². The van der Waals surface area contributed by atoms with Crippen LogP contribution in [0.15, 0.2) is 24.5 Å². The van der Waals surface area contributed by atoms with Crippen molar-refractivity contribution in [3.8, 4) is 6.01 Å². The van der Waals surface area contributed by atoms with Crippen molar-refractivity contribution in [3.05, 3.63) is 47.3 Å². The van der Waals surface area contributed by atoms with Gasteiger partial charge in [0.1, 0.15) is 6.10 Å². The van der Waals surface area contributed by atoms with Crippen LogP contribution < -0.4 is 4.74 Å². The molecule has 19 heavy (non-hydrogen) atoms. The van der Waals surface area contributed by atoms with Gasteiger partial charge in [-0.05, 0) is 37.8 Å². The molecule has 0 aliphatic heterocycles. The van der Waals surface area contributed by atoms with Gasteiger partial charge >= 0.3 is 6.01 Å². The summed E-state index contributed by atoms with van der Waals surface area (Å²) in [6.07, 6.45) is 5.70. The molecule has 1 aliphatic carbocycles. The van der Waals surface area contributed by atoms with E-state index in [9.17, 15) is 4.39 Å². The topological polar surface area (TPSA) is 47.9 Å². The zero-order valence-corrected chi connectivity index (χ0v) is 10.6. The zero-order chi connectivity index (χ0) is 13.2. The standard InChI is InChI=1S/C14H14FN3O/c1-9-11(15)8-17-14(18-9)19-12-6-2-4-10-5-3-7-16-13(10)12/h3,5,7-8,12H,2,4,6H2,1H3. The van der Waals surface area contributed by atoms with Gasteiger partial charge in [-0.2, -0.15) is 4.98 Å². The number of fused-ring (bicyclic) bond motifs is 1. The van der Waals surface area contributed by atoms with Crippen molar-refractivity contribution in [1.82, 2.24) is 15.0 Å². The average Bonchev–Trinajstić information content (AvgIpc) is 2.43. The van der Waals surface area contributed by atoms with Gasteiger partial charge in [0.2, 0.25) is 0 Å². The van der Waals surface area contributed by atoms with Crippen molar-refractivity contribution < 1.29 is 9.13 Å². The predicted octanol–water partition coefficient (Wildman–Crippen LogP) is 2.78. The van der Waals surface area contributed by atoms with Crippen LogP contribution in [-0.2, 0) is 6.42 Å². The van der Waals surface area contributed by atoms with Crippen LogP contribution in [0.5, 0.6) is 6.01 Å². The predicted molar refractivity (Wildman–Crippen MR) is 67.3 cm³/mol. The van der Waals surface area contributed by atoms with E-state index in [1.165, 1.54) is 5.56 Å². The average molecular weight is 259 g/mol. The summed E-state index contributed by atoms with van der Waals surface area (Å²) in [4.78, 5) is 12.3. The van der Waals surface area contributed by atoms with E-state index < -0.39 is 5.82 Å². The van der Waals surface area contributed by atoms with Gasteiger partial charge < -0.3 is 4.74 Å². The number of aryl methyl sites for hydroxylation is 2. The van der Waals surface area contributed by atoms with Crippen molar-refractivity contribution >= 4 is 0 Å².